The predicted molar refractivity (Wildman–Crippen MR) is 117 cm³/mol. The summed E-state index contributed by atoms with van der Waals surface area (Å²) in [5, 5.41) is 1.16. The number of aromatic nitrogens is 3. The highest BCUT2D eigenvalue weighted by atomic mass is 32.2. The van der Waals surface area contributed by atoms with Crippen LogP contribution in [0.2, 0.25) is 0 Å². The van der Waals surface area contributed by atoms with Crippen LogP contribution >= 0.6 is 11.8 Å². The fourth-order valence-corrected chi connectivity index (χ4v) is 4.55. The van der Waals surface area contributed by atoms with Gasteiger partial charge in [0.25, 0.3) is 5.56 Å². The van der Waals surface area contributed by atoms with Crippen LogP contribution in [0.15, 0.2) is 46.3 Å². The predicted octanol–water partition coefficient (Wildman–Crippen LogP) is 3.89. The van der Waals surface area contributed by atoms with Crippen LogP contribution in [0.3, 0.4) is 0 Å². The summed E-state index contributed by atoms with van der Waals surface area (Å²) in [6.45, 7) is 6.40. The largest absolute Gasteiger partial charge is 0.312 e. The number of pyridine rings is 1. The molecule has 0 saturated heterocycles. The minimum Gasteiger partial charge on any atom is -0.312 e. The third-order valence-corrected chi connectivity index (χ3v) is 6.03. The number of thioether (sulfide) groups is 1. The number of rotatable bonds is 6. The molecule has 0 unspecified atom stereocenters. The maximum Gasteiger partial charge on any atom is 0.283 e. The Morgan fingerprint density at radius 2 is 1.93 bits per heavy atom. The van der Waals surface area contributed by atoms with Crippen molar-refractivity contribution >= 4 is 34.4 Å². The van der Waals surface area contributed by atoms with E-state index in [1.807, 2.05) is 57.2 Å². The lowest BCUT2D eigenvalue weighted by molar-refractivity contribution is -0.116. The summed E-state index contributed by atoms with van der Waals surface area (Å²) in [5.41, 5.74) is 3.07. The van der Waals surface area contributed by atoms with Crippen LogP contribution in [0.1, 0.15) is 37.1 Å². The number of anilines is 1. The second kappa shape index (κ2) is 7.99. The Morgan fingerprint density at radius 1 is 1.21 bits per heavy atom. The highest BCUT2D eigenvalue weighted by molar-refractivity contribution is 7.99. The second-order valence-corrected chi connectivity index (χ2v) is 8.28. The van der Waals surface area contributed by atoms with E-state index in [4.69, 9.17) is 0 Å². The maximum absolute atomic E-state index is 12.9. The van der Waals surface area contributed by atoms with E-state index in [2.05, 4.69) is 14.5 Å². The van der Waals surface area contributed by atoms with E-state index in [0.717, 1.165) is 29.8 Å². The van der Waals surface area contributed by atoms with Crippen molar-refractivity contribution in [3.8, 4) is 0 Å². The molecule has 6 nitrogen and oxygen atoms in total. The Kier molecular flexibility index (Phi) is 5.41. The summed E-state index contributed by atoms with van der Waals surface area (Å²) >= 11 is 1.32. The number of hydrogen-bond acceptors (Lipinski definition) is 5. The molecule has 150 valence electrons. The number of benzene rings is 1. The Hall–Kier alpha value is -2.67. The molecule has 0 atom stereocenters. The summed E-state index contributed by atoms with van der Waals surface area (Å²) in [7, 11) is 0. The Bertz CT molecular complexity index is 1120. The van der Waals surface area contributed by atoms with Gasteiger partial charge >= 0.3 is 0 Å². The molecular formula is C22H24N4O2S. The van der Waals surface area contributed by atoms with Crippen molar-refractivity contribution in [3.05, 3.63) is 58.0 Å². The van der Waals surface area contributed by atoms with E-state index >= 15 is 0 Å². The van der Waals surface area contributed by atoms with Gasteiger partial charge in [0.05, 0.1) is 11.1 Å². The molecule has 0 radical (unpaired) electrons. The highest BCUT2D eigenvalue weighted by Crippen LogP contribution is 2.39. The van der Waals surface area contributed by atoms with Gasteiger partial charge in [-0.05, 0) is 57.4 Å². The number of fused-ring (bicyclic) bond motifs is 1. The van der Waals surface area contributed by atoms with Crippen molar-refractivity contribution in [3.63, 3.8) is 0 Å². The molecule has 29 heavy (non-hydrogen) atoms. The molecule has 0 aliphatic heterocycles. The molecule has 1 fully saturated rings. The maximum atomic E-state index is 12.9. The standard InChI is InChI=1S/C22H24N4O2S/c1-4-25(16-8-6-5-7-9-16)18(27)13-29-22-24-21(28)19-14(2)12-15(3)23-20(19)26(22)17-10-11-17/h5-9,12,17H,4,10-11,13H2,1-3H3. The van der Waals surface area contributed by atoms with Crippen molar-refractivity contribution in [2.75, 3.05) is 17.2 Å². The lowest BCUT2D eigenvalue weighted by Gasteiger charge is -2.21. The molecule has 1 saturated carbocycles. The average Bonchev–Trinajstić information content (AvgIpc) is 3.52. The number of carbonyl (C=O) groups is 1. The van der Waals surface area contributed by atoms with E-state index in [9.17, 15) is 9.59 Å². The molecule has 2 aromatic heterocycles. The molecule has 2 heterocycles. The number of aryl methyl sites for hydroxylation is 2. The van der Waals surface area contributed by atoms with Gasteiger partial charge in [-0.3, -0.25) is 9.59 Å². The van der Waals surface area contributed by atoms with Crippen molar-refractivity contribution < 1.29 is 4.79 Å². The fraction of sp³-hybridized carbons (Fsp3) is 0.364. The van der Waals surface area contributed by atoms with Gasteiger partial charge in [-0.25, -0.2) is 4.98 Å². The summed E-state index contributed by atoms with van der Waals surface area (Å²) in [6, 6.07) is 11.8. The molecule has 1 aliphatic carbocycles. The van der Waals surface area contributed by atoms with Gasteiger partial charge in [0.15, 0.2) is 5.16 Å². The zero-order valence-corrected chi connectivity index (χ0v) is 17.7. The Morgan fingerprint density at radius 3 is 2.59 bits per heavy atom. The van der Waals surface area contributed by atoms with Crippen LogP contribution in [-0.2, 0) is 4.79 Å². The van der Waals surface area contributed by atoms with E-state index < -0.39 is 0 Å². The molecule has 1 aliphatic rings. The van der Waals surface area contributed by atoms with E-state index in [1.54, 1.807) is 4.90 Å². The number of nitrogens with zero attached hydrogens (tertiary/aromatic N) is 4. The first-order chi connectivity index (χ1) is 14.0. The molecule has 1 aromatic carbocycles. The summed E-state index contributed by atoms with van der Waals surface area (Å²) in [6.07, 6.45) is 2.09. The molecule has 7 heteroatoms. The smallest absolute Gasteiger partial charge is 0.283 e. The highest BCUT2D eigenvalue weighted by Gasteiger charge is 2.29. The van der Waals surface area contributed by atoms with Gasteiger partial charge in [0.1, 0.15) is 5.65 Å². The zero-order chi connectivity index (χ0) is 20.5. The molecule has 0 N–H and O–H groups in total. The fourth-order valence-electron chi connectivity index (χ4n) is 3.62. The third kappa shape index (κ3) is 3.92. The Balaban J connectivity index is 1.67. The third-order valence-electron chi connectivity index (χ3n) is 5.09. The van der Waals surface area contributed by atoms with Crippen LogP contribution in [0, 0.1) is 13.8 Å². The second-order valence-electron chi connectivity index (χ2n) is 7.34. The summed E-state index contributed by atoms with van der Waals surface area (Å²) in [4.78, 5) is 36.3. The quantitative estimate of drug-likeness (QED) is 0.457. The summed E-state index contributed by atoms with van der Waals surface area (Å²) in [5.74, 6) is 0.215. The van der Waals surface area contributed by atoms with E-state index in [-0.39, 0.29) is 17.2 Å². The first-order valence-electron chi connectivity index (χ1n) is 9.88. The van der Waals surface area contributed by atoms with Crippen LogP contribution < -0.4 is 10.5 Å². The van der Waals surface area contributed by atoms with Crippen molar-refractivity contribution in [2.24, 2.45) is 0 Å². The SMILES string of the molecule is CCN(C(=O)CSc1nc(=O)c2c(C)cc(C)nc2n1C1CC1)c1ccccc1. The van der Waals surface area contributed by atoms with Gasteiger partial charge in [0.2, 0.25) is 5.91 Å². The number of amides is 1. The molecule has 1 amide bonds. The first kappa shape index (κ1) is 19.6. The average molecular weight is 409 g/mol. The van der Waals surface area contributed by atoms with E-state index in [0.29, 0.717) is 28.8 Å². The lowest BCUT2D eigenvalue weighted by atomic mass is 10.2. The van der Waals surface area contributed by atoms with Crippen LogP contribution in [0.4, 0.5) is 5.69 Å². The Labute approximate surface area is 174 Å². The number of para-hydroxylation sites is 1. The van der Waals surface area contributed by atoms with Gasteiger partial charge in [0, 0.05) is 24.0 Å². The van der Waals surface area contributed by atoms with Crippen LogP contribution in [0.5, 0.6) is 0 Å². The topological polar surface area (TPSA) is 68.1 Å². The van der Waals surface area contributed by atoms with Crippen molar-refractivity contribution in [1.82, 2.24) is 14.5 Å². The van der Waals surface area contributed by atoms with Crippen LogP contribution in [-0.4, -0.2) is 32.7 Å². The molecule has 3 aromatic rings. The van der Waals surface area contributed by atoms with Gasteiger partial charge in [-0.1, -0.05) is 30.0 Å². The summed E-state index contributed by atoms with van der Waals surface area (Å²) < 4.78 is 2.06. The van der Waals surface area contributed by atoms with Gasteiger partial charge < -0.3 is 9.47 Å². The molecule has 0 bridgehead atoms. The first-order valence-corrected chi connectivity index (χ1v) is 10.9. The van der Waals surface area contributed by atoms with Crippen molar-refractivity contribution in [2.45, 2.75) is 44.8 Å². The van der Waals surface area contributed by atoms with Crippen molar-refractivity contribution in [1.29, 1.82) is 0 Å². The number of carbonyl (C=O) groups excluding carboxylic acids is 1. The minimum absolute atomic E-state index is 0.00576. The normalized spacial score (nSPS) is 13.6. The molecule has 0 spiro atoms. The lowest BCUT2D eigenvalue weighted by Crippen LogP contribution is -2.32. The number of hydrogen-bond donors (Lipinski definition) is 0. The van der Waals surface area contributed by atoms with E-state index in [1.165, 1.54) is 11.8 Å². The zero-order valence-electron chi connectivity index (χ0n) is 16.9. The molecule has 4 rings (SSSR count). The van der Waals surface area contributed by atoms with Gasteiger partial charge in [-0.2, -0.15) is 4.98 Å². The minimum atomic E-state index is -0.271. The van der Waals surface area contributed by atoms with Crippen LogP contribution in [0.25, 0.3) is 11.0 Å². The molecular weight excluding hydrogens is 384 g/mol. The monoisotopic (exact) mass is 408 g/mol. The van der Waals surface area contributed by atoms with Gasteiger partial charge in [-0.15, -0.1) is 0 Å².